The third kappa shape index (κ3) is 56.3. The van der Waals surface area contributed by atoms with Crippen LogP contribution in [0.15, 0.2) is 0 Å². The van der Waals surface area contributed by atoms with Gasteiger partial charge in [0.2, 0.25) is 0 Å². The summed E-state index contributed by atoms with van der Waals surface area (Å²) >= 11 is 0. The molecule has 0 aliphatic carbocycles. The van der Waals surface area contributed by atoms with Crippen molar-refractivity contribution in [2.24, 2.45) is 5.50 Å². The Balaban J connectivity index is -0.0000000865. The van der Waals surface area contributed by atoms with Crippen LogP contribution in [0.25, 0.3) is 0 Å². The van der Waals surface area contributed by atoms with Crippen molar-refractivity contribution in [1.82, 2.24) is 0 Å². The quantitative estimate of drug-likeness (QED) is 0.608. The van der Waals surface area contributed by atoms with Gasteiger partial charge in [-0.1, -0.05) is 7.43 Å². The van der Waals surface area contributed by atoms with Crippen molar-refractivity contribution in [3.8, 4) is 0 Å². The minimum Gasteiger partial charge on any atom is -0.332 e. The highest BCUT2D eigenvalue weighted by atomic mass is 32.2. The van der Waals surface area contributed by atoms with E-state index in [-0.39, 0.29) is 7.43 Å². The third-order valence-corrected chi connectivity index (χ3v) is 3.31. The molecule has 122 valence electrons. The van der Waals surface area contributed by atoms with E-state index in [1.54, 1.807) is 13.3 Å². The zero-order valence-electron chi connectivity index (χ0n) is 11.7. The molecule has 0 saturated heterocycles. The SMILES string of the molecule is C.COP(C)(C)=O.COP(C)(N)=O.COS(C)(=O)=O. The number of rotatable bonds is 3. The van der Waals surface area contributed by atoms with Crippen LogP contribution in [0.2, 0.25) is 0 Å². The highest BCUT2D eigenvalue weighted by Crippen LogP contribution is 2.35. The van der Waals surface area contributed by atoms with Crippen molar-refractivity contribution in [2.45, 2.75) is 7.43 Å². The van der Waals surface area contributed by atoms with E-state index >= 15 is 0 Å². The fourth-order valence-corrected chi connectivity index (χ4v) is 0. The monoisotopic (exact) mass is 343 g/mol. The summed E-state index contributed by atoms with van der Waals surface area (Å²) < 4.78 is 52.7. The summed E-state index contributed by atoms with van der Waals surface area (Å²) in [5.74, 6) is 0. The normalized spacial score (nSPS) is 13.7. The average molecular weight is 343 g/mol. The molecule has 0 aromatic rings. The number of nitrogens with two attached hydrogens (primary N) is 1. The van der Waals surface area contributed by atoms with Crippen molar-refractivity contribution in [3.05, 3.63) is 0 Å². The van der Waals surface area contributed by atoms with E-state index in [9.17, 15) is 17.5 Å². The molecule has 0 radical (unpaired) electrons. The molecule has 0 amide bonds. The molecule has 0 saturated carbocycles. The van der Waals surface area contributed by atoms with Gasteiger partial charge in [0, 0.05) is 34.2 Å². The van der Waals surface area contributed by atoms with Crippen LogP contribution in [0, 0.1) is 0 Å². The summed E-state index contributed by atoms with van der Waals surface area (Å²) in [6, 6.07) is 0. The summed E-state index contributed by atoms with van der Waals surface area (Å²) in [5, 5.41) is 0. The Bertz CT molecular complexity index is 362. The van der Waals surface area contributed by atoms with Crippen LogP contribution in [0.5, 0.6) is 0 Å². The summed E-state index contributed by atoms with van der Waals surface area (Å²) in [4.78, 5) is 0. The second-order valence-corrected chi connectivity index (χ2v) is 10.2. The van der Waals surface area contributed by atoms with Gasteiger partial charge in [-0.05, 0) is 0 Å². The molecule has 0 bridgehead atoms. The molecule has 1 atom stereocenters. The average Bonchev–Trinajstić information content (AvgIpc) is 2.16. The summed E-state index contributed by atoms with van der Waals surface area (Å²) in [7, 11) is -4.07. The molecule has 0 aliphatic heterocycles. The first kappa shape index (κ1) is 27.6. The molecule has 0 spiro atoms. The number of hydrogen-bond acceptors (Lipinski definition) is 7. The van der Waals surface area contributed by atoms with Gasteiger partial charge in [0.15, 0.2) is 7.37 Å². The third-order valence-electron chi connectivity index (χ3n) is 1.10. The van der Waals surface area contributed by atoms with E-state index < -0.39 is 25.0 Å². The van der Waals surface area contributed by atoms with Gasteiger partial charge in [-0.3, -0.25) is 18.8 Å². The molecule has 0 fully saturated rings. The lowest BCUT2D eigenvalue weighted by Gasteiger charge is -1.98. The summed E-state index contributed by atoms with van der Waals surface area (Å²) in [5.41, 5.74) is 4.87. The molecule has 0 heterocycles. The largest absolute Gasteiger partial charge is 0.332 e. The second kappa shape index (κ2) is 12.0. The lowest BCUT2D eigenvalue weighted by Crippen LogP contribution is -1.95. The minimum atomic E-state index is -3.16. The Hall–Kier alpha value is 0.250. The molecule has 19 heavy (non-hydrogen) atoms. The maximum Gasteiger partial charge on any atom is 0.264 e. The van der Waals surface area contributed by atoms with E-state index in [1.165, 1.54) is 20.9 Å². The molecule has 11 heteroatoms. The van der Waals surface area contributed by atoms with Crippen molar-refractivity contribution < 1.29 is 30.8 Å². The molecular formula is C8H27NO7P2S. The van der Waals surface area contributed by atoms with Crippen LogP contribution < -0.4 is 5.50 Å². The van der Waals surface area contributed by atoms with Crippen molar-refractivity contribution in [3.63, 3.8) is 0 Å². The standard InChI is InChI=1S/C3H9O2P.C2H8NO2P.C2H6O3S.CH4/c3*1-5-6(2,3)4;/h1-3H3;1-2H3,(H2,3,4);1-2H3;1H4. The Morgan fingerprint density at radius 3 is 1.11 bits per heavy atom. The first-order valence-corrected chi connectivity index (χ1v) is 10.9. The fraction of sp³-hybridized carbons (Fsp3) is 1.00. The summed E-state index contributed by atoms with van der Waals surface area (Å²) in [6.45, 7) is 4.51. The minimum absolute atomic E-state index is 0. The lowest BCUT2D eigenvalue weighted by atomic mass is 11.8. The van der Waals surface area contributed by atoms with Crippen LogP contribution in [-0.2, 0) is 32.5 Å². The fourth-order valence-electron chi connectivity index (χ4n) is 0. The van der Waals surface area contributed by atoms with Gasteiger partial charge in [0.25, 0.3) is 17.6 Å². The van der Waals surface area contributed by atoms with Crippen LogP contribution in [0.3, 0.4) is 0 Å². The van der Waals surface area contributed by atoms with Gasteiger partial charge in [0.1, 0.15) is 0 Å². The molecular weight excluding hydrogens is 316 g/mol. The van der Waals surface area contributed by atoms with Crippen LogP contribution >= 0.6 is 14.9 Å². The first-order valence-electron chi connectivity index (χ1n) is 4.46. The topological polar surface area (TPSA) is 122 Å². The van der Waals surface area contributed by atoms with E-state index in [1.807, 2.05) is 0 Å². The molecule has 0 aromatic heterocycles. The maximum atomic E-state index is 10.4. The Kier molecular flexibility index (Phi) is 17.4. The maximum absolute atomic E-state index is 10.4. The highest BCUT2D eigenvalue weighted by Gasteiger charge is 2.00. The van der Waals surface area contributed by atoms with Gasteiger partial charge in [0.05, 0.1) is 13.4 Å². The zero-order chi connectivity index (χ0) is 15.6. The molecule has 1 unspecified atom stereocenters. The Morgan fingerprint density at radius 1 is 0.947 bits per heavy atom. The van der Waals surface area contributed by atoms with E-state index in [0.717, 1.165) is 13.4 Å². The van der Waals surface area contributed by atoms with Crippen LogP contribution in [0.1, 0.15) is 7.43 Å². The van der Waals surface area contributed by atoms with E-state index in [0.29, 0.717) is 0 Å². The van der Waals surface area contributed by atoms with Gasteiger partial charge < -0.3 is 9.05 Å². The van der Waals surface area contributed by atoms with Crippen molar-refractivity contribution in [2.75, 3.05) is 47.6 Å². The molecule has 0 rings (SSSR count). The number of hydrogen-bond donors (Lipinski definition) is 1. The predicted octanol–water partition coefficient (Wildman–Crippen LogP) is 1.81. The molecule has 0 aromatic carbocycles. The van der Waals surface area contributed by atoms with E-state index in [4.69, 9.17) is 5.50 Å². The van der Waals surface area contributed by atoms with Crippen molar-refractivity contribution >= 4 is 25.0 Å². The van der Waals surface area contributed by atoms with Crippen molar-refractivity contribution in [1.29, 1.82) is 0 Å². The summed E-state index contributed by atoms with van der Waals surface area (Å²) in [6.07, 6.45) is 0.993. The molecule has 0 aliphatic rings. The highest BCUT2D eigenvalue weighted by molar-refractivity contribution is 7.85. The lowest BCUT2D eigenvalue weighted by molar-refractivity contribution is 0.399. The Labute approximate surface area is 117 Å². The first-order chi connectivity index (χ1) is 7.68. The Morgan fingerprint density at radius 2 is 1.11 bits per heavy atom. The van der Waals surface area contributed by atoms with Gasteiger partial charge in [-0.2, -0.15) is 8.42 Å². The van der Waals surface area contributed by atoms with E-state index in [2.05, 4.69) is 13.2 Å². The molecule has 8 nitrogen and oxygen atoms in total. The second-order valence-electron chi connectivity index (χ2n) is 3.40. The smallest absolute Gasteiger partial charge is 0.264 e. The zero-order valence-corrected chi connectivity index (χ0v) is 14.3. The molecule has 2 N–H and O–H groups in total. The van der Waals surface area contributed by atoms with Gasteiger partial charge in [-0.25, -0.2) is 0 Å². The van der Waals surface area contributed by atoms with Crippen LogP contribution in [-0.4, -0.2) is 56.0 Å². The van der Waals surface area contributed by atoms with Gasteiger partial charge in [-0.15, -0.1) is 0 Å². The van der Waals surface area contributed by atoms with Crippen LogP contribution in [0.4, 0.5) is 0 Å². The predicted molar refractivity (Wildman–Crippen MR) is 79.8 cm³/mol. The van der Waals surface area contributed by atoms with Gasteiger partial charge >= 0.3 is 0 Å².